The van der Waals surface area contributed by atoms with E-state index in [2.05, 4.69) is 5.32 Å². The monoisotopic (exact) mass is 355 g/mol. The Balaban J connectivity index is 2.37. The second-order valence-corrected chi connectivity index (χ2v) is 6.02. The Morgan fingerprint density at radius 3 is 2.45 bits per heavy atom. The summed E-state index contributed by atoms with van der Waals surface area (Å²) in [6, 6.07) is 9.23. The zero-order valence-corrected chi connectivity index (χ0v) is 13.7. The molecule has 0 aromatic heterocycles. The summed E-state index contributed by atoms with van der Waals surface area (Å²) in [4.78, 5) is 24.4. The fraction of sp³-hybridized carbons (Fsp3) is 0.0667. The van der Waals surface area contributed by atoms with E-state index in [1.807, 2.05) is 6.26 Å². The molecule has 0 saturated heterocycles. The molecule has 0 spiro atoms. The summed E-state index contributed by atoms with van der Waals surface area (Å²) in [7, 11) is 0. The average molecular weight is 356 g/mol. The largest absolute Gasteiger partial charge is 0.478 e. The number of hydrogen-bond acceptors (Lipinski definition) is 3. The molecule has 0 saturated carbocycles. The van der Waals surface area contributed by atoms with Crippen molar-refractivity contribution in [1.82, 2.24) is 0 Å². The molecule has 2 aromatic rings. The molecule has 0 aliphatic carbocycles. The van der Waals surface area contributed by atoms with Crippen LogP contribution >= 0.6 is 35.0 Å². The van der Waals surface area contributed by atoms with Gasteiger partial charge in [0.15, 0.2) is 0 Å². The van der Waals surface area contributed by atoms with Gasteiger partial charge in [-0.15, -0.1) is 11.8 Å². The van der Waals surface area contributed by atoms with Crippen LogP contribution in [-0.4, -0.2) is 23.2 Å². The lowest BCUT2D eigenvalue weighted by Gasteiger charge is -2.10. The van der Waals surface area contributed by atoms with Gasteiger partial charge < -0.3 is 10.4 Å². The first-order chi connectivity index (χ1) is 10.4. The Labute approximate surface area is 141 Å². The molecule has 0 fully saturated rings. The molecule has 0 aliphatic heterocycles. The number of carbonyl (C=O) groups is 2. The normalized spacial score (nSPS) is 10.3. The molecule has 4 nitrogen and oxygen atoms in total. The number of rotatable bonds is 4. The Morgan fingerprint density at radius 1 is 1.09 bits per heavy atom. The van der Waals surface area contributed by atoms with E-state index < -0.39 is 11.9 Å². The van der Waals surface area contributed by atoms with E-state index in [1.54, 1.807) is 18.2 Å². The van der Waals surface area contributed by atoms with Gasteiger partial charge in [-0.25, -0.2) is 4.79 Å². The van der Waals surface area contributed by atoms with Crippen molar-refractivity contribution in [2.24, 2.45) is 0 Å². The van der Waals surface area contributed by atoms with Gasteiger partial charge in [0.2, 0.25) is 0 Å². The fourth-order valence-corrected chi connectivity index (χ4v) is 2.62. The predicted molar refractivity (Wildman–Crippen MR) is 89.6 cm³/mol. The lowest BCUT2D eigenvalue weighted by molar-refractivity contribution is 0.0698. The molecule has 22 heavy (non-hydrogen) atoms. The number of nitrogens with one attached hydrogen (secondary N) is 1. The number of thioether (sulfide) groups is 1. The highest BCUT2D eigenvalue weighted by molar-refractivity contribution is 7.98. The standard InChI is InChI=1S/C15H11Cl2NO3S/c1-22-9-3-5-12(17)11(7-9)14(19)18-13-6-8(16)2-4-10(13)15(20)21/h2-7H,1H3,(H,18,19)(H,20,21). The number of hydrogen-bond donors (Lipinski definition) is 2. The van der Waals surface area contributed by atoms with Crippen molar-refractivity contribution in [3.8, 4) is 0 Å². The van der Waals surface area contributed by atoms with Crippen LogP contribution in [0, 0.1) is 0 Å². The third kappa shape index (κ3) is 3.74. The Bertz CT molecular complexity index is 750. The third-order valence-corrected chi connectivity index (χ3v) is 4.17. The first kappa shape index (κ1) is 16.7. The minimum absolute atomic E-state index is 0.0464. The minimum Gasteiger partial charge on any atom is -0.478 e. The summed E-state index contributed by atoms with van der Waals surface area (Å²) < 4.78 is 0. The number of benzene rings is 2. The Kier molecular flexibility index (Phi) is 5.34. The van der Waals surface area contributed by atoms with Crippen LogP contribution < -0.4 is 5.32 Å². The molecule has 114 valence electrons. The van der Waals surface area contributed by atoms with E-state index in [1.165, 1.54) is 30.0 Å². The van der Waals surface area contributed by atoms with Crippen LogP contribution in [0.25, 0.3) is 0 Å². The number of carbonyl (C=O) groups excluding carboxylic acids is 1. The summed E-state index contributed by atoms with van der Waals surface area (Å²) in [5, 5.41) is 12.3. The van der Waals surface area contributed by atoms with E-state index in [-0.39, 0.29) is 21.8 Å². The molecule has 0 heterocycles. The Morgan fingerprint density at radius 2 is 1.82 bits per heavy atom. The maximum absolute atomic E-state index is 12.3. The van der Waals surface area contributed by atoms with E-state index in [4.69, 9.17) is 28.3 Å². The van der Waals surface area contributed by atoms with Crippen LogP contribution in [0.4, 0.5) is 5.69 Å². The maximum Gasteiger partial charge on any atom is 0.337 e. The summed E-state index contributed by atoms with van der Waals surface area (Å²) in [6.45, 7) is 0. The second kappa shape index (κ2) is 7.05. The number of carboxylic acids is 1. The first-order valence-corrected chi connectivity index (χ1v) is 8.08. The van der Waals surface area contributed by atoms with Crippen molar-refractivity contribution < 1.29 is 14.7 Å². The topological polar surface area (TPSA) is 66.4 Å². The van der Waals surface area contributed by atoms with Crippen molar-refractivity contribution >= 4 is 52.5 Å². The van der Waals surface area contributed by atoms with Gasteiger partial charge in [0, 0.05) is 9.92 Å². The van der Waals surface area contributed by atoms with Gasteiger partial charge in [0.25, 0.3) is 5.91 Å². The van der Waals surface area contributed by atoms with Crippen LogP contribution in [0.2, 0.25) is 10.0 Å². The molecule has 2 rings (SSSR count). The Hall–Kier alpha value is -1.69. The molecule has 7 heteroatoms. The number of halogens is 2. The van der Waals surface area contributed by atoms with Crippen LogP contribution in [0.15, 0.2) is 41.3 Å². The van der Waals surface area contributed by atoms with Gasteiger partial charge in [-0.1, -0.05) is 23.2 Å². The fourth-order valence-electron chi connectivity index (χ4n) is 1.80. The van der Waals surface area contributed by atoms with Crippen molar-refractivity contribution in [1.29, 1.82) is 0 Å². The number of aromatic carboxylic acids is 1. The van der Waals surface area contributed by atoms with Gasteiger partial charge in [-0.05, 0) is 42.7 Å². The molecule has 0 radical (unpaired) electrons. The quantitative estimate of drug-likeness (QED) is 0.782. The van der Waals surface area contributed by atoms with Gasteiger partial charge in [0.1, 0.15) is 0 Å². The molecule has 2 aromatic carbocycles. The number of anilines is 1. The number of carboxylic acid groups (broad SMARTS) is 1. The summed E-state index contributed by atoms with van der Waals surface area (Å²) >= 11 is 13.4. The molecule has 2 N–H and O–H groups in total. The van der Waals surface area contributed by atoms with E-state index >= 15 is 0 Å². The van der Waals surface area contributed by atoms with Crippen molar-refractivity contribution in [3.05, 3.63) is 57.6 Å². The highest BCUT2D eigenvalue weighted by Gasteiger charge is 2.16. The van der Waals surface area contributed by atoms with E-state index in [0.29, 0.717) is 5.02 Å². The highest BCUT2D eigenvalue weighted by atomic mass is 35.5. The second-order valence-electron chi connectivity index (χ2n) is 4.29. The zero-order chi connectivity index (χ0) is 16.3. The SMILES string of the molecule is CSc1ccc(Cl)c(C(=O)Nc2cc(Cl)ccc2C(=O)O)c1. The number of amides is 1. The molecule has 0 atom stereocenters. The van der Waals surface area contributed by atoms with Crippen LogP contribution in [0.5, 0.6) is 0 Å². The summed E-state index contributed by atoms with van der Waals surface area (Å²) in [6.07, 6.45) is 1.88. The lowest BCUT2D eigenvalue weighted by Crippen LogP contribution is -2.15. The molecule has 0 bridgehead atoms. The zero-order valence-electron chi connectivity index (χ0n) is 11.4. The van der Waals surface area contributed by atoms with Crippen molar-refractivity contribution in [2.45, 2.75) is 4.90 Å². The molecular formula is C15H11Cl2NO3S. The minimum atomic E-state index is -1.16. The van der Waals surface area contributed by atoms with Crippen molar-refractivity contribution in [2.75, 3.05) is 11.6 Å². The maximum atomic E-state index is 12.3. The predicted octanol–water partition coefficient (Wildman–Crippen LogP) is 4.67. The highest BCUT2D eigenvalue weighted by Crippen LogP contribution is 2.26. The van der Waals surface area contributed by atoms with E-state index in [0.717, 1.165) is 4.90 Å². The molecule has 1 amide bonds. The first-order valence-electron chi connectivity index (χ1n) is 6.10. The van der Waals surface area contributed by atoms with Crippen LogP contribution in [0.1, 0.15) is 20.7 Å². The summed E-state index contributed by atoms with van der Waals surface area (Å²) in [5.74, 6) is -1.65. The summed E-state index contributed by atoms with van der Waals surface area (Å²) in [5.41, 5.74) is 0.343. The smallest absolute Gasteiger partial charge is 0.337 e. The van der Waals surface area contributed by atoms with Gasteiger partial charge in [-0.2, -0.15) is 0 Å². The molecular weight excluding hydrogens is 345 g/mol. The van der Waals surface area contributed by atoms with Gasteiger partial charge >= 0.3 is 5.97 Å². The van der Waals surface area contributed by atoms with Gasteiger partial charge in [-0.3, -0.25) is 4.79 Å². The molecule has 0 aliphatic rings. The van der Waals surface area contributed by atoms with Gasteiger partial charge in [0.05, 0.1) is 21.8 Å². The van der Waals surface area contributed by atoms with Crippen molar-refractivity contribution in [3.63, 3.8) is 0 Å². The molecule has 0 unspecified atom stereocenters. The third-order valence-electron chi connectivity index (χ3n) is 2.88. The van der Waals surface area contributed by atoms with Crippen LogP contribution in [0.3, 0.4) is 0 Å². The lowest BCUT2D eigenvalue weighted by atomic mass is 10.1. The average Bonchev–Trinajstić information content (AvgIpc) is 2.47. The van der Waals surface area contributed by atoms with E-state index in [9.17, 15) is 9.59 Å². The van der Waals surface area contributed by atoms with Crippen LogP contribution in [-0.2, 0) is 0 Å².